The third kappa shape index (κ3) is 23.1. The van der Waals surface area contributed by atoms with Crippen LogP contribution in [0.3, 0.4) is 0 Å². The summed E-state index contributed by atoms with van der Waals surface area (Å²) in [5, 5.41) is 35.3. The van der Waals surface area contributed by atoms with Crippen LogP contribution in [0.5, 0.6) is 5.75 Å². The SMILES string of the molecule is CC[C@H](C)[C@H](NC(=O)[C@H](Cc1ccccc1)N(C)C(=O)[C@H](Cc1c[nH]c2ccccc12)NC(=O)[C@H](Cc1ccccc1)N(C)C(=O)[C@H](Cc1c[nH]c2ccccc12)NC(=O)[C@@H](Cc1ccc(OC(C)(C)C)c(Cl)c1)NC(=O)[C@H](Cc1ccccc1)N(C)C(=O)[C@@H](N)[C@@H](C)OC(c1ccccc1)(c1ccccc1)c1ccccc1)C(=O)N[C@@H](CC(=O)O)C(=O)O. The highest BCUT2D eigenvalue weighted by molar-refractivity contribution is 6.32. The third-order valence-corrected chi connectivity index (χ3v) is 22.9. The van der Waals surface area contributed by atoms with Gasteiger partial charge in [0, 0.05) is 93.9 Å². The summed E-state index contributed by atoms with van der Waals surface area (Å²) in [6.07, 6.45) is 0.707. The first-order valence-corrected chi connectivity index (χ1v) is 41.8. The predicted octanol–water partition coefficient (Wildman–Crippen LogP) is 11.5. The molecular weight excluding hydrogens is 1590 g/mol. The van der Waals surface area contributed by atoms with Gasteiger partial charge in [-0.1, -0.05) is 256 Å². The van der Waals surface area contributed by atoms with E-state index in [2.05, 4.69) is 36.6 Å². The van der Waals surface area contributed by atoms with Gasteiger partial charge in [0.05, 0.1) is 17.5 Å². The van der Waals surface area contributed by atoms with E-state index in [9.17, 15) is 24.6 Å². The monoisotopic (exact) mass is 1700 g/mol. The molecule has 11 N–H and O–H groups in total. The maximum Gasteiger partial charge on any atom is 0.326 e. The van der Waals surface area contributed by atoms with Gasteiger partial charge >= 0.3 is 11.9 Å². The topological polar surface area (TPSA) is 357 Å². The fourth-order valence-corrected chi connectivity index (χ4v) is 15.8. The van der Waals surface area contributed by atoms with Gasteiger partial charge in [-0.15, -0.1) is 0 Å². The molecule has 0 aliphatic rings. The standard InChI is InChI=1S/C98H108ClN11O14/c1-10-61(2)87(92(117)106-80(96(121)122)58-85(111)112)107-91(116)83(55-65-37-21-13-22-38-65)109(8)94(119)79(57-68-60-102-76-48-32-30-46-73(68)76)105-90(115)81(53-63-33-17-11-18-34-63)108(7)93(118)78(56-67-59-101-75-47-31-29-45-72(67)75)104-88(113)77(52-66-49-50-84(74(99)51-66)124-97(4,5)6)103-89(114)82(54-64-35-19-12-20-36-64)110(9)95(120)86(100)62(3)123-98(69-39-23-14-24-40-69,70-41-25-15-26-42-70)71-43-27-16-28-44-71/h11-51,59-62,77-83,86-87,101-102H,10,52-58,100H2,1-9H3,(H,103,114)(H,104,113)(H,105,115)(H,106,117)(H,107,116)(H,111,112)(H,121,122)/t61-,62+,77+,78-,79-,80-,81-,82-,83-,86-,87-/m0/s1. The van der Waals surface area contributed by atoms with Crippen LogP contribution in [-0.4, -0.2) is 181 Å². The van der Waals surface area contributed by atoms with Gasteiger partial charge in [-0.25, -0.2) is 4.79 Å². The number of carbonyl (C=O) groups excluding carboxylic acids is 8. The number of aliphatic carboxylic acids is 2. The molecule has 124 heavy (non-hydrogen) atoms. The number of hydrogen-bond acceptors (Lipinski definition) is 13. The van der Waals surface area contributed by atoms with E-state index in [0.717, 1.165) is 16.7 Å². The number of para-hydroxylation sites is 2. The molecule has 2 heterocycles. The highest BCUT2D eigenvalue weighted by atomic mass is 35.5. The van der Waals surface area contributed by atoms with Crippen LogP contribution in [0.1, 0.15) is 104 Å². The van der Waals surface area contributed by atoms with Gasteiger partial charge in [0.15, 0.2) is 0 Å². The molecule has 25 nitrogen and oxygen atoms in total. The molecular formula is C98H108ClN11O14. The normalized spacial score (nSPS) is 14.2. The number of halogens is 1. The molecule has 2 aromatic heterocycles. The van der Waals surface area contributed by atoms with E-state index >= 15 is 33.6 Å². The molecule has 8 amide bonds. The Labute approximate surface area is 726 Å². The average Bonchev–Trinajstić information content (AvgIpc) is 1.08. The number of carboxylic acids is 2. The quantitative estimate of drug-likeness (QED) is 0.0160. The molecule has 0 unspecified atom stereocenters. The number of nitrogens with one attached hydrogen (secondary N) is 7. The largest absolute Gasteiger partial charge is 0.487 e. The van der Waals surface area contributed by atoms with Crippen LogP contribution < -0.4 is 37.1 Å². The molecule has 11 rings (SSSR count). The van der Waals surface area contributed by atoms with Crippen molar-refractivity contribution in [2.24, 2.45) is 11.7 Å². The van der Waals surface area contributed by atoms with E-state index in [4.69, 9.17) is 26.8 Å². The van der Waals surface area contributed by atoms with Crippen molar-refractivity contribution in [2.45, 2.75) is 165 Å². The molecule has 0 fully saturated rings. The number of aromatic nitrogens is 2. The Hall–Kier alpha value is -13.2. The van der Waals surface area contributed by atoms with Gasteiger partial charge in [0.2, 0.25) is 47.3 Å². The summed E-state index contributed by atoms with van der Waals surface area (Å²) in [5.41, 5.74) is 12.4. The number of benzene rings is 9. The Morgan fingerprint density at radius 3 is 1.20 bits per heavy atom. The predicted molar refractivity (Wildman–Crippen MR) is 476 cm³/mol. The minimum Gasteiger partial charge on any atom is -0.487 e. The number of likely N-dealkylation sites (N-methyl/N-ethyl adjacent to an activating group) is 3. The van der Waals surface area contributed by atoms with Gasteiger partial charge in [-0.3, -0.25) is 43.2 Å². The molecule has 0 bridgehead atoms. The van der Waals surface area contributed by atoms with Crippen molar-refractivity contribution < 1.29 is 67.6 Å². The first-order valence-electron chi connectivity index (χ1n) is 41.5. The number of H-pyrrole nitrogens is 2. The van der Waals surface area contributed by atoms with Gasteiger partial charge in [0.1, 0.15) is 71.3 Å². The van der Waals surface area contributed by atoms with Crippen LogP contribution in [-0.2, 0) is 96.8 Å². The first kappa shape index (κ1) is 91.5. The minimum atomic E-state index is -1.85. The number of aromatic amines is 2. The lowest BCUT2D eigenvalue weighted by atomic mass is 9.79. The number of nitrogens with zero attached hydrogens (tertiary/aromatic N) is 3. The van der Waals surface area contributed by atoms with E-state index < -0.39 is 143 Å². The van der Waals surface area contributed by atoms with Crippen LogP contribution in [0.4, 0.5) is 0 Å². The number of carbonyl (C=O) groups is 10. The maximum atomic E-state index is 16.4. The number of fused-ring (bicyclic) bond motifs is 2. The van der Waals surface area contributed by atoms with E-state index in [0.29, 0.717) is 60.9 Å². The highest BCUT2D eigenvalue weighted by Crippen LogP contribution is 2.42. The number of nitrogens with two attached hydrogens (primary N) is 1. The highest BCUT2D eigenvalue weighted by Gasteiger charge is 2.45. The molecule has 11 atom stereocenters. The van der Waals surface area contributed by atoms with Crippen molar-refractivity contribution >= 4 is 92.6 Å². The van der Waals surface area contributed by atoms with Crippen LogP contribution in [0.2, 0.25) is 5.02 Å². The lowest BCUT2D eigenvalue weighted by Gasteiger charge is -2.40. The summed E-state index contributed by atoms with van der Waals surface area (Å²) in [7, 11) is 4.28. The van der Waals surface area contributed by atoms with Crippen molar-refractivity contribution in [3.05, 3.63) is 316 Å². The lowest BCUT2D eigenvalue weighted by molar-refractivity contribution is -0.148. The molecule has 9 aromatic carbocycles. The Bertz CT molecular complexity index is 5410. The summed E-state index contributed by atoms with van der Waals surface area (Å²) in [4.78, 5) is 160. The second-order valence-electron chi connectivity index (χ2n) is 32.5. The van der Waals surface area contributed by atoms with Gasteiger partial charge in [-0.05, 0) is 108 Å². The van der Waals surface area contributed by atoms with Crippen LogP contribution in [0, 0.1) is 5.92 Å². The van der Waals surface area contributed by atoms with Crippen LogP contribution in [0.15, 0.2) is 261 Å². The Morgan fingerprint density at radius 2 is 0.806 bits per heavy atom. The zero-order valence-electron chi connectivity index (χ0n) is 70.9. The Morgan fingerprint density at radius 1 is 0.435 bits per heavy atom. The summed E-state index contributed by atoms with van der Waals surface area (Å²) >= 11 is 7.03. The zero-order valence-corrected chi connectivity index (χ0v) is 71.7. The molecule has 646 valence electrons. The van der Waals surface area contributed by atoms with Gasteiger partial charge in [-0.2, -0.15) is 0 Å². The number of amides is 8. The van der Waals surface area contributed by atoms with E-state index in [1.165, 1.54) is 35.8 Å². The zero-order chi connectivity index (χ0) is 88.9. The third-order valence-electron chi connectivity index (χ3n) is 22.6. The second kappa shape index (κ2) is 42.0. The molecule has 26 heteroatoms. The Balaban J connectivity index is 0.954. The van der Waals surface area contributed by atoms with E-state index in [1.54, 1.807) is 124 Å². The van der Waals surface area contributed by atoms with Crippen molar-refractivity contribution in [2.75, 3.05) is 21.1 Å². The molecule has 0 saturated heterocycles. The van der Waals surface area contributed by atoms with Crippen molar-refractivity contribution in [1.82, 2.24) is 51.3 Å². The summed E-state index contributed by atoms with van der Waals surface area (Å²) < 4.78 is 13.5. The Kier molecular flexibility index (Phi) is 31.0. The lowest BCUT2D eigenvalue weighted by Crippen LogP contribution is -2.62. The van der Waals surface area contributed by atoms with E-state index in [1.807, 2.05) is 178 Å². The van der Waals surface area contributed by atoms with Crippen LogP contribution >= 0.6 is 11.6 Å². The number of hydrogen-bond donors (Lipinski definition) is 10. The molecule has 0 saturated carbocycles. The minimum absolute atomic E-state index is 0.0705. The van der Waals surface area contributed by atoms with Gasteiger partial charge < -0.3 is 76.7 Å². The number of ether oxygens (including phenoxy) is 2. The first-order chi connectivity index (χ1) is 59.4. The molecule has 0 aliphatic heterocycles. The number of rotatable bonds is 40. The molecule has 0 aliphatic carbocycles. The average molecular weight is 1700 g/mol. The fourth-order valence-electron chi connectivity index (χ4n) is 15.6. The smallest absolute Gasteiger partial charge is 0.326 e. The second-order valence-corrected chi connectivity index (χ2v) is 32.9. The molecule has 0 radical (unpaired) electrons. The molecule has 11 aromatic rings. The summed E-state index contributed by atoms with van der Waals surface area (Å²) in [6, 6.07) is 61.6. The fraction of sp³-hybridized carbons (Fsp3) is 0.306. The number of carboxylic acid groups (broad SMARTS) is 2. The maximum absolute atomic E-state index is 16.4. The summed E-state index contributed by atoms with van der Waals surface area (Å²) in [6.45, 7) is 10.7. The van der Waals surface area contributed by atoms with Crippen molar-refractivity contribution in [3.63, 3.8) is 0 Å². The summed E-state index contributed by atoms with van der Waals surface area (Å²) in [5.74, 6) is -9.93. The molecule has 0 spiro atoms. The van der Waals surface area contributed by atoms with Crippen molar-refractivity contribution in [3.8, 4) is 5.75 Å². The van der Waals surface area contributed by atoms with Crippen LogP contribution in [0.25, 0.3) is 21.8 Å². The van der Waals surface area contributed by atoms with Crippen molar-refractivity contribution in [1.29, 1.82) is 0 Å². The van der Waals surface area contributed by atoms with Gasteiger partial charge in [0.25, 0.3) is 0 Å². The van der Waals surface area contributed by atoms with E-state index in [-0.39, 0.29) is 50.0 Å².